The van der Waals surface area contributed by atoms with Gasteiger partial charge in [0.25, 0.3) is 5.91 Å². The quantitative estimate of drug-likeness (QED) is 0.765. The summed E-state index contributed by atoms with van der Waals surface area (Å²) in [4.78, 5) is 19.7. The van der Waals surface area contributed by atoms with E-state index in [1.807, 2.05) is 31.9 Å². The topological polar surface area (TPSA) is 51.0 Å². The number of aryl methyl sites for hydroxylation is 3. The normalized spacial score (nSPS) is 11.4. The summed E-state index contributed by atoms with van der Waals surface area (Å²) in [6.45, 7) is 11.0. The van der Waals surface area contributed by atoms with Crippen LogP contribution in [0.5, 0.6) is 0 Å². The van der Waals surface area contributed by atoms with Crippen molar-refractivity contribution in [2.75, 3.05) is 6.54 Å². The van der Waals surface area contributed by atoms with Crippen LogP contribution in [0.1, 0.15) is 61.8 Å². The SMILES string of the molecule is CCCCCN(C(=O)c1cc(C)nc2c1c(C)nn2C)C(C)C. The van der Waals surface area contributed by atoms with Gasteiger partial charge in [0.05, 0.1) is 16.6 Å². The Morgan fingerprint density at radius 2 is 2.00 bits per heavy atom. The van der Waals surface area contributed by atoms with Crippen LogP contribution in [0.4, 0.5) is 0 Å². The Bertz CT molecular complexity index is 703. The number of aromatic nitrogens is 3. The summed E-state index contributed by atoms with van der Waals surface area (Å²) in [5, 5.41) is 5.32. The molecule has 0 aliphatic heterocycles. The van der Waals surface area contributed by atoms with E-state index in [-0.39, 0.29) is 11.9 Å². The second-order valence-corrected chi connectivity index (χ2v) is 6.52. The summed E-state index contributed by atoms with van der Waals surface area (Å²) in [5.74, 6) is 0.0858. The molecule has 5 nitrogen and oxygen atoms in total. The van der Waals surface area contributed by atoms with Crippen LogP contribution in [0.25, 0.3) is 11.0 Å². The first-order valence-electron chi connectivity index (χ1n) is 8.48. The zero-order valence-corrected chi connectivity index (χ0v) is 15.2. The van der Waals surface area contributed by atoms with Crippen LogP contribution in [-0.2, 0) is 7.05 Å². The molecule has 0 aromatic carbocycles. The highest BCUT2D eigenvalue weighted by molar-refractivity contribution is 6.06. The number of amides is 1. The third-order valence-electron chi connectivity index (χ3n) is 4.21. The van der Waals surface area contributed by atoms with Crippen LogP contribution < -0.4 is 0 Å². The Kier molecular flexibility index (Phi) is 5.39. The number of carbonyl (C=O) groups is 1. The van der Waals surface area contributed by atoms with E-state index in [0.29, 0.717) is 0 Å². The molecule has 0 aliphatic carbocycles. The monoisotopic (exact) mass is 316 g/mol. The van der Waals surface area contributed by atoms with Crippen LogP contribution in [0, 0.1) is 13.8 Å². The van der Waals surface area contributed by atoms with E-state index in [2.05, 4.69) is 30.9 Å². The molecule has 1 amide bonds. The van der Waals surface area contributed by atoms with Crippen LogP contribution in [0.2, 0.25) is 0 Å². The van der Waals surface area contributed by atoms with Crippen molar-refractivity contribution < 1.29 is 4.79 Å². The molecule has 23 heavy (non-hydrogen) atoms. The van der Waals surface area contributed by atoms with Crippen LogP contribution in [-0.4, -0.2) is 38.2 Å². The molecule has 0 radical (unpaired) electrons. The van der Waals surface area contributed by atoms with Gasteiger partial charge < -0.3 is 4.90 Å². The molecule has 0 atom stereocenters. The molecule has 2 aromatic rings. The van der Waals surface area contributed by atoms with Gasteiger partial charge in [0.15, 0.2) is 5.65 Å². The summed E-state index contributed by atoms with van der Waals surface area (Å²) in [6, 6.07) is 2.08. The first kappa shape index (κ1) is 17.4. The number of unbranched alkanes of at least 4 members (excludes halogenated alkanes) is 2. The molecule has 0 bridgehead atoms. The van der Waals surface area contributed by atoms with Crippen molar-refractivity contribution in [2.24, 2.45) is 7.05 Å². The molecule has 0 spiro atoms. The molecule has 5 heteroatoms. The van der Waals surface area contributed by atoms with Gasteiger partial charge in [-0.15, -0.1) is 0 Å². The largest absolute Gasteiger partial charge is 0.336 e. The zero-order valence-electron chi connectivity index (χ0n) is 15.2. The molecular weight excluding hydrogens is 288 g/mol. The van der Waals surface area contributed by atoms with E-state index < -0.39 is 0 Å². The number of fused-ring (bicyclic) bond motifs is 1. The first-order valence-corrected chi connectivity index (χ1v) is 8.48. The maximum Gasteiger partial charge on any atom is 0.254 e. The predicted molar refractivity (Wildman–Crippen MR) is 93.7 cm³/mol. The van der Waals surface area contributed by atoms with Crippen molar-refractivity contribution in [1.29, 1.82) is 0 Å². The summed E-state index contributed by atoms with van der Waals surface area (Å²) < 4.78 is 1.76. The second-order valence-electron chi connectivity index (χ2n) is 6.52. The molecule has 0 fully saturated rings. The lowest BCUT2D eigenvalue weighted by molar-refractivity contribution is 0.0704. The third-order valence-corrected chi connectivity index (χ3v) is 4.21. The average Bonchev–Trinajstić information content (AvgIpc) is 2.76. The van der Waals surface area contributed by atoms with Crippen LogP contribution >= 0.6 is 0 Å². The Morgan fingerprint density at radius 1 is 1.30 bits per heavy atom. The van der Waals surface area contributed by atoms with Crippen molar-refractivity contribution in [3.05, 3.63) is 23.0 Å². The van der Waals surface area contributed by atoms with E-state index >= 15 is 0 Å². The highest BCUT2D eigenvalue weighted by Crippen LogP contribution is 2.24. The van der Waals surface area contributed by atoms with Gasteiger partial charge in [-0.2, -0.15) is 5.10 Å². The molecule has 126 valence electrons. The Hall–Kier alpha value is -1.91. The Balaban J connectivity index is 2.46. The van der Waals surface area contributed by atoms with Crippen LogP contribution in [0.3, 0.4) is 0 Å². The third kappa shape index (κ3) is 3.54. The summed E-state index contributed by atoms with van der Waals surface area (Å²) in [6.07, 6.45) is 3.34. The maximum absolute atomic E-state index is 13.2. The molecule has 0 saturated carbocycles. The van der Waals surface area contributed by atoms with Crippen molar-refractivity contribution in [3.8, 4) is 0 Å². The van der Waals surface area contributed by atoms with Crippen molar-refractivity contribution in [3.63, 3.8) is 0 Å². The van der Waals surface area contributed by atoms with Gasteiger partial charge in [-0.1, -0.05) is 19.8 Å². The molecule has 0 aliphatic rings. The molecule has 2 aromatic heterocycles. The summed E-state index contributed by atoms with van der Waals surface area (Å²) in [5.41, 5.74) is 3.21. The Morgan fingerprint density at radius 3 is 2.61 bits per heavy atom. The lowest BCUT2D eigenvalue weighted by atomic mass is 10.1. The van der Waals surface area contributed by atoms with Gasteiger partial charge >= 0.3 is 0 Å². The predicted octanol–water partition coefficient (Wildman–Crippen LogP) is 3.63. The fraction of sp³-hybridized carbons (Fsp3) is 0.611. The smallest absolute Gasteiger partial charge is 0.254 e. The van der Waals surface area contributed by atoms with Crippen molar-refractivity contribution >= 4 is 16.9 Å². The minimum Gasteiger partial charge on any atom is -0.336 e. The fourth-order valence-electron chi connectivity index (χ4n) is 3.02. The van der Waals surface area contributed by atoms with E-state index in [0.717, 1.165) is 53.8 Å². The van der Waals surface area contributed by atoms with E-state index in [1.165, 1.54) is 0 Å². The van der Waals surface area contributed by atoms with Gasteiger partial charge in [0, 0.05) is 25.3 Å². The van der Waals surface area contributed by atoms with Gasteiger partial charge in [0.1, 0.15) is 0 Å². The lowest BCUT2D eigenvalue weighted by Crippen LogP contribution is -2.38. The number of carbonyl (C=O) groups excluding carboxylic acids is 1. The minimum absolute atomic E-state index is 0.0858. The standard InChI is InChI=1S/C18H28N4O/c1-7-8-9-10-22(12(2)3)18(23)15-11-13(4)19-17-16(15)14(5)20-21(17)6/h11-12H,7-10H2,1-6H3. The highest BCUT2D eigenvalue weighted by atomic mass is 16.2. The molecular formula is C18H28N4O. The van der Waals surface area contributed by atoms with Gasteiger partial charge in [-0.05, 0) is 40.2 Å². The van der Waals surface area contributed by atoms with Gasteiger partial charge in [-0.25, -0.2) is 4.98 Å². The number of pyridine rings is 1. The van der Waals surface area contributed by atoms with E-state index in [1.54, 1.807) is 4.68 Å². The lowest BCUT2D eigenvalue weighted by Gasteiger charge is -2.27. The molecule has 0 saturated heterocycles. The molecule has 0 N–H and O–H groups in total. The summed E-state index contributed by atoms with van der Waals surface area (Å²) >= 11 is 0. The van der Waals surface area contributed by atoms with Crippen molar-refractivity contribution in [2.45, 2.75) is 59.9 Å². The van der Waals surface area contributed by atoms with Gasteiger partial charge in [0.2, 0.25) is 0 Å². The summed E-state index contributed by atoms with van der Waals surface area (Å²) in [7, 11) is 1.87. The second kappa shape index (κ2) is 7.11. The Labute approximate surface area is 138 Å². The average molecular weight is 316 g/mol. The number of hydrogen-bond acceptors (Lipinski definition) is 3. The number of hydrogen-bond donors (Lipinski definition) is 0. The van der Waals surface area contributed by atoms with E-state index in [9.17, 15) is 4.79 Å². The fourth-order valence-corrected chi connectivity index (χ4v) is 3.02. The zero-order chi connectivity index (χ0) is 17.1. The first-order chi connectivity index (χ1) is 10.9. The molecule has 2 rings (SSSR count). The van der Waals surface area contributed by atoms with E-state index in [4.69, 9.17) is 0 Å². The van der Waals surface area contributed by atoms with Crippen LogP contribution in [0.15, 0.2) is 6.07 Å². The molecule has 0 unspecified atom stereocenters. The number of nitrogens with zero attached hydrogens (tertiary/aromatic N) is 4. The number of rotatable bonds is 6. The maximum atomic E-state index is 13.2. The minimum atomic E-state index is 0.0858. The molecule has 2 heterocycles. The van der Waals surface area contributed by atoms with Crippen molar-refractivity contribution in [1.82, 2.24) is 19.7 Å². The highest BCUT2D eigenvalue weighted by Gasteiger charge is 2.23. The van der Waals surface area contributed by atoms with Gasteiger partial charge in [-0.3, -0.25) is 9.48 Å².